The summed E-state index contributed by atoms with van der Waals surface area (Å²) in [5, 5.41) is 19.7. The Bertz CT molecular complexity index is 1030. The smallest absolute Gasteiger partial charge is 0.250 e. The summed E-state index contributed by atoms with van der Waals surface area (Å²) in [5.74, 6) is -0.934. The van der Waals surface area contributed by atoms with E-state index in [0.29, 0.717) is 34.1 Å². The maximum atomic E-state index is 13.5. The topological polar surface area (TPSA) is 99.7 Å². The van der Waals surface area contributed by atoms with Gasteiger partial charge in [-0.15, -0.1) is 0 Å². The summed E-state index contributed by atoms with van der Waals surface area (Å²) in [6, 6.07) is 10.2. The molecule has 4 atom stereocenters. The van der Waals surface area contributed by atoms with Crippen molar-refractivity contribution >= 4 is 34.8 Å². The third kappa shape index (κ3) is 3.23. The van der Waals surface area contributed by atoms with Crippen molar-refractivity contribution in [1.29, 1.82) is 0 Å². The second-order valence-corrected chi connectivity index (χ2v) is 8.36. The van der Waals surface area contributed by atoms with E-state index in [2.05, 4.69) is 16.0 Å². The molecule has 1 fully saturated rings. The summed E-state index contributed by atoms with van der Waals surface area (Å²) in [7, 11) is 1.50. The predicted molar refractivity (Wildman–Crippen MR) is 115 cm³/mol. The van der Waals surface area contributed by atoms with Crippen LogP contribution in [-0.4, -0.2) is 36.2 Å². The number of carbonyl (C=O) groups excluding carboxylic acids is 2. The number of hydrogen-bond acceptors (Lipinski definition) is 5. The molecule has 2 heterocycles. The number of ether oxygens (including phenoxy) is 1. The minimum absolute atomic E-state index is 0.299. The highest BCUT2D eigenvalue weighted by atomic mass is 35.5. The first kappa shape index (κ1) is 20.7. The van der Waals surface area contributed by atoms with E-state index in [1.807, 2.05) is 25.1 Å². The zero-order valence-corrected chi connectivity index (χ0v) is 17.7. The van der Waals surface area contributed by atoms with Crippen molar-refractivity contribution in [3.05, 3.63) is 52.5 Å². The van der Waals surface area contributed by atoms with Crippen LogP contribution in [0.15, 0.2) is 36.4 Å². The molecule has 0 bridgehead atoms. The molecule has 4 N–H and O–H groups in total. The van der Waals surface area contributed by atoms with Crippen molar-refractivity contribution < 1.29 is 19.4 Å². The maximum absolute atomic E-state index is 13.5. The number of halogens is 1. The largest absolute Gasteiger partial charge is 0.495 e. The molecule has 158 valence electrons. The van der Waals surface area contributed by atoms with Gasteiger partial charge >= 0.3 is 0 Å². The molecule has 4 rings (SSSR count). The highest BCUT2D eigenvalue weighted by Gasteiger charge is 2.60. The van der Waals surface area contributed by atoms with Crippen molar-refractivity contribution in [2.75, 3.05) is 17.7 Å². The van der Waals surface area contributed by atoms with Crippen LogP contribution in [0, 0.1) is 12.8 Å². The number of fused-ring (bicyclic) bond motifs is 2. The monoisotopic (exact) mass is 429 g/mol. The fraction of sp³-hybridized carbons (Fsp3) is 0.364. The number of nitrogens with one attached hydrogen (secondary N) is 3. The number of rotatable bonds is 4. The number of hydrogen-bond donors (Lipinski definition) is 4. The maximum Gasteiger partial charge on any atom is 0.250 e. The van der Waals surface area contributed by atoms with Crippen LogP contribution in [0.2, 0.25) is 5.02 Å². The van der Waals surface area contributed by atoms with Crippen LogP contribution in [-0.2, 0) is 15.1 Å². The fourth-order valence-corrected chi connectivity index (χ4v) is 4.60. The van der Waals surface area contributed by atoms with Crippen LogP contribution < -0.4 is 20.7 Å². The second kappa shape index (κ2) is 7.58. The van der Waals surface area contributed by atoms with Gasteiger partial charge in [0.25, 0.3) is 0 Å². The average molecular weight is 430 g/mol. The Labute approximate surface area is 179 Å². The predicted octanol–water partition coefficient (Wildman–Crippen LogP) is 2.80. The molecule has 0 saturated carbocycles. The van der Waals surface area contributed by atoms with Crippen molar-refractivity contribution in [2.45, 2.75) is 38.0 Å². The van der Waals surface area contributed by atoms with Crippen LogP contribution >= 0.6 is 11.6 Å². The Balaban J connectivity index is 1.76. The highest BCUT2D eigenvalue weighted by molar-refractivity contribution is 6.31. The molecule has 8 heteroatoms. The molecular weight excluding hydrogens is 406 g/mol. The van der Waals surface area contributed by atoms with Gasteiger partial charge < -0.3 is 20.5 Å². The van der Waals surface area contributed by atoms with Crippen molar-refractivity contribution in [3.63, 3.8) is 0 Å². The van der Waals surface area contributed by atoms with Gasteiger partial charge in [-0.05, 0) is 44.5 Å². The first-order chi connectivity index (χ1) is 14.3. The van der Waals surface area contributed by atoms with Crippen molar-refractivity contribution in [1.82, 2.24) is 5.32 Å². The molecular formula is C22H24ClN3O4. The molecule has 2 aromatic carbocycles. The van der Waals surface area contributed by atoms with E-state index < -0.39 is 23.6 Å². The van der Waals surface area contributed by atoms with E-state index in [0.717, 1.165) is 5.56 Å². The number of benzene rings is 2. The van der Waals surface area contributed by atoms with Gasteiger partial charge in [-0.1, -0.05) is 29.3 Å². The standard InChI is InChI=1S/C22H24ClN3O4/c1-11-4-6-16-14(8-11)22(21(29)25-16)15(10-17(26-22)12(2)27)20(28)24-18-9-13(23)5-7-19(18)30-3/h4-9,12,15,17,26-27H,10H2,1-3H3,(H,24,28)(H,25,29)/t12-,15-,17+,22-/m0/s1. The zero-order valence-electron chi connectivity index (χ0n) is 17.0. The van der Waals surface area contributed by atoms with Gasteiger partial charge in [0.05, 0.1) is 24.8 Å². The molecule has 0 aromatic heterocycles. The number of amides is 2. The lowest BCUT2D eigenvalue weighted by molar-refractivity contribution is -0.130. The van der Waals surface area contributed by atoms with E-state index in [9.17, 15) is 14.7 Å². The van der Waals surface area contributed by atoms with Gasteiger partial charge in [-0.2, -0.15) is 0 Å². The van der Waals surface area contributed by atoms with Crippen molar-refractivity contribution in [3.8, 4) is 5.75 Å². The molecule has 0 aliphatic carbocycles. The summed E-state index contributed by atoms with van der Waals surface area (Å²) < 4.78 is 5.33. The Hall–Kier alpha value is -2.61. The molecule has 2 aliphatic rings. The van der Waals surface area contributed by atoms with Gasteiger partial charge in [-0.3, -0.25) is 14.9 Å². The van der Waals surface area contributed by atoms with Gasteiger partial charge in [0, 0.05) is 22.3 Å². The highest BCUT2D eigenvalue weighted by Crippen LogP contribution is 2.48. The van der Waals surface area contributed by atoms with E-state index in [1.54, 1.807) is 25.1 Å². The Kier molecular flexibility index (Phi) is 5.22. The summed E-state index contributed by atoms with van der Waals surface area (Å²) in [6.45, 7) is 3.58. The number of anilines is 2. The quantitative estimate of drug-likeness (QED) is 0.599. The molecule has 1 spiro atoms. The lowest BCUT2D eigenvalue weighted by Gasteiger charge is -2.29. The Morgan fingerprint density at radius 2 is 2.10 bits per heavy atom. The van der Waals surface area contributed by atoms with E-state index in [1.165, 1.54) is 7.11 Å². The van der Waals surface area contributed by atoms with Gasteiger partial charge in [-0.25, -0.2) is 0 Å². The molecule has 1 saturated heterocycles. The first-order valence-corrected chi connectivity index (χ1v) is 10.2. The Morgan fingerprint density at radius 1 is 1.33 bits per heavy atom. The lowest BCUT2D eigenvalue weighted by atomic mass is 9.79. The number of aliphatic hydroxyl groups excluding tert-OH is 1. The molecule has 2 aliphatic heterocycles. The van der Waals surface area contributed by atoms with Gasteiger partial charge in [0.15, 0.2) is 0 Å². The zero-order chi connectivity index (χ0) is 21.6. The number of methoxy groups -OCH3 is 1. The molecule has 2 aromatic rings. The van der Waals surface area contributed by atoms with E-state index in [4.69, 9.17) is 16.3 Å². The lowest BCUT2D eigenvalue weighted by Crippen LogP contribution is -2.53. The van der Waals surface area contributed by atoms with Crippen LogP contribution in [0.4, 0.5) is 11.4 Å². The summed E-state index contributed by atoms with van der Waals surface area (Å²) in [4.78, 5) is 26.7. The summed E-state index contributed by atoms with van der Waals surface area (Å²) in [5.41, 5.74) is 1.52. The SMILES string of the molecule is COc1ccc(Cl)cc1NC(=O)[C@@H]1C[C@H]([C@H](C)O)N[C@]12C(=O)Nc1ccc(C)cc12. The molecule has 0 radical (unpaired) electrons. The van der Waals surface area contributed by atoms with Gasteiger partial charge in [0.2, 0.25) is 11.8 Å². The molecule has 2 amide bonds. The third-order valence-electron chi connectivity index (χ3n) is 5.95. The average Bonchev–Trinajstić information content (AvgIpc) is 3.23. The number of aliphatic hydroxyl groups is 1. The molecule has 7 nitrogen and oxygen atoms in total. The number of aryl methyl sites for hydroxylation is 1. The minimum Gasteiger partial charge on any atom is -0.495 e. The minimum atomic E-state index is -1.26. The number of carbonyl (C=O) groups is 2. The molecule has 30 heavy (non-hydrogen) atoms. The normalized spacial score (nSPS) is 25.7. The van der Waals surface area contributed by atoms with Gasteiger partial charge in [0.1, 0.15) is 11.3 Å². The van der Waals surface area contributed by atoms with Crippen LogP contribution in [0.25, 0.3) is 0 Å². The fourth-order valence-electron chi connectivity index (χ4n) is 4.43. The van der Waals surface area contributed by atoms with E-state index in [-0.39, 0.29) is 11.8 Å². The third-order valence-corrected chi connectivity index (χ3v) is 6.18. The van der Waals surface area contributed by atoms with Crippen LogP contribution in [0.5, 0.6) is 5.75 Å². The summed E-state index contributed by atoms with van der Waals surface area (Å²) in [6.07, 6.45) is -0.435. The van der Waals surface area contributed by atoms with Crippen LogP contribution in [0.3, 0.4) is 0 Å². The second-order valence-electron chi connectivity index (χ2n) is 7.92. The van der Waals surface area contributed by atoms with Crippen molar-refractivity contribution in [2.24, 2.45) is 5.92 Å². The Morgan fingerprint density at radius 3 is 2.80 bits per heavy atom. The summed E-state index contributed by atoms with van der Waals surface area (Å²) >= 11 is 6.09. The van der Waals surface area contributed by atoms with Crippen LogP contribution in [0.1, 0.15) is 24.5 Å². The molecule has 0 unspecified atom stereocenters. The van der Waals surface area contributed by atoms with E-state index >= 15 is 0 Å². The first-order valence-electron chi connectivity index (χ1n) is 9.79.